The molecule has 102 valence electrons. The van der Waals surface area contributed by atoms with Gasteiger partial charge >= 0.3 is 0 Å². The Morgan fingerprint density at radius 2 is 2.00 bits per heavy atom. The van der Waals surface area contributed by atoms with E-state index in [-0.39, 0.29) is 6.04 Å². The van der Waals surface area contributed by atoms with E-state index in [2.05, 4.69) is 28.3 Å². The number of nitrogens with two attached hydrogens (primary N) is 1. The quantitative estimate of drug-likeness (QED) is 0.400. The third kappa shape index (κ3) is 5.27. The Morgan fingerprint density at radius 1 is 1.28 bits per heavy atom. The van der Waals surface area contributed by atoms with Crippen molar-refractivity contribution in [2.24, 2.45) is 5.84 Å². The van der Waals surface area contributed by atoms with Crippen LogP contribution in [0.15, 0.2) is 22.7 Å². The molecule has 4 heteroatoms. The van der Waals surface area contributed by atoms with Gasteiger partial charge in [0.15, 0.2) is 0 Å². The maximum atomic E-state index is 6.22. The minimum atomic E-state index is 0.136. The fourth-order valence-electron chi connectivity index (χ4n) is 2.06. The van der Waals surface area contributed by atoms with E-state index in [1.165, 1.54) is 32.1 Å². The molecular formula is C14H22BrClN2. The lowest BCUT2D eigenvalue weighted by Gasteiger charge is -2.18. The van der Waals surface area contributed by atoms with Crippen molar-refractivity contribution in [1.82, 2.24) is 5.43 Å². The maximum absolute atomic E-state index is 6.22. The number of benzene rings is 1. The molecule has 0 saturated heterocycles. The molecule has 0 bridgehead atoms. The fourth-order valence-corrected chi connectivity index (χ4v) is 2.69. The summed E-state index contributed by atoms with van der Waals surface area (Å²) >= 11 is 9.68. The van der Waals surface area contributed by atoms with Crippen LogP contribution in [0.5, 0.6) is 0 Å². The molecule has 0 radical (unpaired) electrons. The predicted octanol–water partition coefficient (Wildman–Crippen LogP) is 4.97. The lowest BCUT2D eigenvalue weighted by molar-refractivity contribution is 0.479. The van der Waals surface area contributed by atoms with Crippen LogP contribution in [0.4, 0.5) is 0 Å². The van der Waals surface area contributed by atoms with Crippen LogP contribution in [0, 0.1) is 0 Å². The molecule has 0 spiro atoms. The summed E-state index contributed by atoms with van der Waals surface area (Å²) in [5.41, 5.74) is 3.95. The highest BCUT2D eigenvalue weighted by Gasteiger charge is 2.13. The van der Waals surface area contributed by atoms with Gasteiger partial charge in [-0.2, -0.15) is 0 Å². The van der Waals surface area contributed by atoms with Gasteiger partial charge in [-0.15, -0.1) is 0 Å². The first-order valence-electron chi connectivity index (χ1n) is 6.60. The number of rotatable bonds is 8. The molecule has 0 aliphatic carbocycles. The molecule has 0 fully saturated rings. The molecule has 1 aromatic carbocycles. The van der Waals surface area contributed by atoms with Gasteiger partial charge in [-0.3, -0.25) is 11.3 Å². The second-order valence-corrected chi connectivity index (χ2v) is 5.91. The number of hydrazine groups is 1. The monoisotopic (exact) mass is 332 g/mol. The van der Waals surface area contributed by atoms with Crippen molar-refractivity contribution in [3.05, 3.63) is 33.3 Å². The lowest BCUT2D eigenvalue weighted by atomic mass is 10.0. The zero-order valence-electron chi connectivity index (χ0n) is 10.9. The molecule has 0 aliphatic rings. The van der Waals surface area contributed by atoms with Crippen LogP contribution in [0.1, 0.15) is 57.1 Å². The second-order valence-electron chi connectivity index (χ2n) is 4.59. The normalized spacial score (nSPS) is 12.7. The topological polar surface area (TPSA) is 38.0 Å². The van der Waals surface area contributed by atoms with Crippen molar-refractivity contribution in [2.45, 2.75) is 51.5 Å². The average Bonchev–Trinajstić information content (AvgIpc) is 2.37. The first-order valence-corrected chi connectivity index (χ1v) is 7.77. The van der Waals surface area contributed by atoms with Gasteiger partial charge < -0.3 is 0 Å². The highest BCUT2D eigenvalue weighted by atomic mass is 79.9. The Hall–Kier alpha value is -0.0900. The van der Waals surface area contributed by atoms with Crippen LogP contribution >= 0.6 is 27.5 Å². The van der Waals surface area contributed by atoms with Gasteiger partial charge in [0.05, 0.1) is 0 Å². The van der Waals surface area contributed by atoms with Crippen molar-refractivity contribution in [2.75, 3.05) is 0 Å². The first kappa shape index (κ1) is 16.0. The predicted molar refractivity (Wildman–Crippen MR) is 82.6 cm³/mol. The van der Waals surface area contributed by atoms with Crippen molar-refractivity contribution < 1.29 is 0 Å². The molecule has 0 saturated carbocycles. The van der Waals surface area contributed by atoms with E-state index in [0.29, 0.717) is 0 Å². The summed E-state index contributed by atoms with van der Waals surface area (Å²) in [7, 11) is 0. The number of halogens is 2. The summed E-state index contributed by atoms with van der Waals surface area (Å²) in [5.74, 6) is 5.64. The summed E-state index contributed by atoms with van der Waals surface area (Å²) in [6, 6.07) is 6.03. The van der Waals surface area contributed by atoms with Gasteiger partial charge in [0, 0.05) is 15.5 Å². The van der Waals surface area contributed by atoms with Gasteiger partial charge in [0.25, 0.3) is 0 Å². The summed E-state index contributed by atoms with van der Waals surface area (Å²) in [6.07, 6.45) is 7.36. The number of unbranched alkanes of at least 4 members (excludes halogenated alkanes) is 4. The minimum absolute atomic E-state index is 0.136. The van der Waals surface area contributed by atoms with E-state index < -0.39 is 0 Å². The Morgan fingerprint density at radius 3 is 2.67 bits per heavy atom. The smallest absolute Gasteiger partial charge is 0.0475 e. The Kier molecular flexibility index (Phi) is 7.91. The first-order chi connectivity index (χ1) is 8.69. The molecule has 0 aromatic heterocycles. The third-order valence-corrected chi connectivity index (χ3v) is 3.97. The maximum Gasteiger partial charge on any atom is 0.0475 e. The molecule has 0 aliphatic heterocycles. The molecule has 1 rings (SSSR count). The van der Waals surface area contributed by atoms with Crippen molar-refractivity contribution in [3.63, 3.8) is 0 Å². The summed E-state index contributed by atoms with van der Waals surface area (Å²) in [6.45, 7) is 2.23. The van der Waals surface area contributed by atoms with Crippen LogP contribution < -0.4 is 11.3 Å². The van der Waals surface area contributed by atoms with Crippen LogP contribution in [-0.4, -0.2) is 0 Å². The fraction of sp³-hybridized carbons (Fsp3) is 0.571. The minimum Gasteiger partial charge on any atom is -0.271 e. The molecule has 18 heavy (non-hydrogen) atoms. The molecule has 1 aromatic rings. The van der Waals surface area contributed by atoms with E-state index >= 15 is 0 Å². The van der Waals surface area contributed by atoms with Crippen LogP contribution in [0.2, 0.25) is 5.02 Å². The van der Waals surface area contributed by atoms with Gasteiger partial charge in [0.1, 0.15) is 0 Å². The lowest BCUT2D eigenvalue weighted by Crippen LogP contribution is -2.28. The molecule has 0 amide bonds. The average molecular weight is 334 g/mol. The summed E-state index contributed by atoms with van der Waals surface area (Å²) < 4.78 is 1.04. The Labute approximate surface area is 123 Å². The standard InChI is InChI=1S/C14H22BrClN2/c1-2-3-4-5-6-7-14(18-17)12-10-11(15)8-9-13(12)16/h8-10,14,18H,2-7,17H2,1H3. The molecule has 1 atom stereocenters. The van der Waals surface area contributed by atoms with Gasteiger partial charge in [-0.25, -0.2) is 0 Å². The molecule has 2 nitrogen and oxygen atoms in total. The van der Waals surface area contributed by atoms with Gasteiger partial charge in [-0.1, -0.05) is 66.6 Å². The van der Waals surface area contributed by atoms with E-state index in [9.17, 15) is 0 Å². The third-order valence-electron chi connectivity index (χ3n) is 3.13. The number of hydrogen-bond acceptors (Lipinski definition) is 2. The van der Waals surface area contributed by atoms with E-state index in [4.69, 9.17) is 17.4 Å². The van der Waals surface area contributed by atoms with Gasteiger partial charge in [-0.05, 0) is 30.2 Å². The van der Waals surface area contributed by atoms with Crippen LogP contribution in [0.3, 0.4) is 0 Å². The zero-order chi connectivity index (χ0) is 13.4. The molecule has 3 N–H and O–H groups in total. The number of hydrogen-bond donors (Lipinski definition) is 2. The molecule has 1 unspecified atom stereocenters. The Balaban J connectivity index is 2.52. The number of nitrogens with one attached hydrogen (secondary N) is 1. The van der Waals surface area contributed by atoms with Crippen molar-refractivity contribution in [1.29, 1.82) is 0 Å². The summed E-state index contributed by atoms with van der Waals surface area (Å²) in [4.78, 5) is 0. The van der Waals surface area contributed by atoms with Crippen LogP contribution in [-0.2, 0) is 0 Å². The highest BCUT2D eigenvalue weighted by Crippen LogP contribution is 2.29. The van der Waals surface area contributed by atoms with Crippen LogP contribution in [0.25, 0.3) is 0 Å². The summed E-state index contributed by atoms with van der Waals surface area (Å²) in [5, 5.41) is 0.773. The Bertz CT molecular complexity index is 358. The largest absolute Gasteiger partial charge is 0.271 e. The van der Waals surface area contributed by atoms with E-state index in [1.807, 2.05) is 18.2 Å². The van der Waals surface area contributed by atoms with E-state index in [1.54, 1.807) is 0 Å². The van der Waals surface area contributed by atoms with Gasteiger partial charge in [0.2, 0.25) is 0 Å². The van der Waals surface area contributed by atoms with E-state index in [0.717, 1.165) is 21.5 Å². The zero-order valence-corrected chi connectivity index (χ0v) is 13.2. The SMILES string of the molecule is CCCCCCCC(NN)c1cc(Br)ccc1Cl. The highest BCUT2D eigenvalue weighted by molar-refractivity contribution is 9.10. The second kappa shape index (κ2) is 8.92. The molecule has 0 heterocycles. The van der Waals surface area contributed by atoms with Crippen molar-refractivity contribution >= 4 is 27.5 Å². The molecular weight excluding hydrogens is 312 g/mol. The van der Waals surface area contributed by atoms with Crippen molar-refractivity contribution in [3.8, 4) is 0 Å².